The summed E-state index contributed by atoms with van der Waals surface area (Å²) in [6.07, 6.45) is 0. The quantitative estimate of drug-likeness (QED) is 0.663. The minimum absolute atomic E-state index is 0.0710. The zero-order valence-electron chi connectivity index (χ0n) is 12.0. The Morgan fingerprint density at radius 1 is 1.09 bits per heavy atom. The van der Waals surface area contributed by atoms with E-state index in [-0.39, 0.29) is 16.3 Å². The van der Waals surface area contributed by atoms with Crippen LogP contribution in [0.4, 0.5) is 17.1 Å². The van der Waals surface area contributed by atoms with E-state index in [1.54, 1.807) is 12.1 Å². The van der Waals surface area contributed by atoms with Crippen LogP contribution in [0.2, 0.25) is 0 Å². The fourth-order valence-corrected chi connectivity index (χ4v) is 2.85. The summed E-state index contributed by atoms with van der Waals surface area (Å²) in [5, 5.41) is 18.9. The van der Waals surface area contributed by atoms with Crippen LogP contribution in [0.5, 0.6) is 0 Å². The summed E-state index contributed by atoms with van der Waals surface area (Å²) < 4.78 is 23.3. The number of hydrogen-bond donors (Lipinski definition) is 2. The van der Waals surface area contributed by atoms with Gasteiger partial charge in [0.1, 0.15) is 4.90 Å². The van der Waals surface area contributed by atoms with Crippen molar-refractivity contribution in [3.63, 3.8) is 0 Å². The molecule has 0 aliphatic carbocycles. The third kappa shape index (κ3) is 3.60. The van der Waals surface area contributed by atoms with Gasteiger partial charge in [0.2, 0.25) is 10.0 Å². The van der Waals surface area contributed by atoms with Crippen molar-refractivity contribution in [1.82, 2.24) is 0 Å². The summed E-state index contributed by atoms with van der Waals surface area (Å²) >= 11 is 0. The van der Waals surface area contributed by atoms with E-state index >= 15 is 0 Å². The number of nitro groups is 1. The number of anilines is 2. The number of aryl methyl sites for hydroxylation is 2. The molecule has 0 radical (unpaired) electrons. The average Bonchev–Trinajstić information content (AvgIpc) is 2.35. The van der Waals surface area contributed by atoms with E-state index in [0.717, 1.165) is 29.3 Å². The maximum atomic E-state index is 11.6. The molecule has 0 heterocycles. The van der Waals surface area contributed by atoms with E-state index in [1.165, 1.54) is 0 Å². The molecule has 2 aromatic carbocycles. The number of nitrogens with one attached hydrogen (secondary N) is 1. The lowest BCUT2D eigenvalue weighted by Crippen LogP contribution is -2.14. The van der Waals surface area contributed by atoms with E-state index in [0.29, 0.717) is 5.69 Å². The van der Waals surface area contributed by atoms with Crippen molar-refractivity contribution in [1.29, 1.82) is 0 Å². The van der Waals surface area contributed by atoms with Crippen LogP contribution in [0.1, 0.15) is 11.1 Å². The summed E-state index contributed by atoms with van der Waals surface area (Å²) in [6, 6.07) is 8.94. The van der Waals surface area contributed by atoms with Crippen molar-refractivity contribution < 1.29 is 13.3 Å². The smallest absolute Gasteiger partial charge is 0.271 e. The van der Waals surface area contributed by atoms with Gasteiger partial charge in [-0.15, -0.1) is 0 Å². The maximum Gasteiger partial charge on any atom is 0.271 e. The fraction of sp³-hybridized carbons (Fsp3) is 0.143. The number of rotatable bonds is 4. The number of hydrogen-bond acceptors (Lipinski definition) is 5. The van der Waals surface area contributed by atoms with E-state index in [9.17, 15) is 18.5 Å². The number of non-ortho nitro benzene ring substituents is 1. The van der Waals surface area contributed by atoms with Gasteiger partial charge in [-0.3, -0.25) is 10.1 Å². The molecule has 116 valence electrons. The van der Waals surface area contributed by atoms with Crippen LogP contribution >= 0.6 is 0 Å². The molecule has 0 aliphatic heterocycles. The lowest BCUT2D eigenvalue weighted by Gasteiger charge is -2.12. The van der Waals surface area contributed by atoms with Crippen LogP contribution in [0.3, 0.4) is 0 Å². The lowest BCUT2D eigenvalue weighted by molar-refractivity contribution is -0.384. The highest BCUT2D eigenvalue weighted by atomic mass is 32.2. The summed E-state index contributed by atoms with van der Waals surface area (Å²) in [5.41, 5.74) is 2.43. The first-order valence-corrected chi connectivity index (χ1v) is 7.88. The molecule has 22 heavy (non-hydrogen) atoms. The van der Waals surface area contributed by atoms with Crippen molar-refractivity contribution in [2.45, 2.75) is 18.7 Å². The van der Waals surface area contributed by atoms with Gasteiger partial charge in [0, 0.05) is 17.8 Å². The second-order valence-electron chi connectivity index (χ2n) is 4.98. The van der Waals surface area contributed by atoms with Gasteiger partial charge in [-0.05, 0) is 43.2 Å². The second-order valence-corrected chi connectivity index (χ2v) is 6.51. The minimum Gasteiger partial charge on any atom is -0.354 e. The van der Waals surface area contributed by atoms with Crippen LogP contribution < -0.4 is 10.5 Å². The second kappa shape index (κ2) is 5.74. The van der Waals surface area contributed by atoms with Crippen molar-refractivity contribution in [3.8, 4) is 0 Å². The standard InChI is InChI=1S/C14H15N3O4S/c1-9-5-10(2)7-11(6-9)16-13-8-12(17(18)19)3-4-14(13)22(15,20)21/h3-8,16H,1-2H3,(H2,15,20,21). The molecular weight excluding hydrogens is 306 g/mol. The Bertz CT molecular complexity index is 827. The number of sulfonamides is 1. The third-order valence-corrected chi connectivity index (χ3v) is 3.95. The molecule has 0 bridgehead atoms. The molecule has 3 N–H and O–H groups in total. The molecule has 0 atom stereocenters. The Balaban J connectivity index is 2.56. The lowest BCUT2D eigenvalue weighted by atomic mass is 10.1. The highest BCUT2D eigenvalue weighted by Gasteiger charge is 2.18. The highest BCUT2D eigenvalue weighted by Crippen LogP contribution is 2.29. The fourth-order valence-electron chi connectivity index (χ4n) is 2.18. The zero-order chi connectivity index (χ0) is 16.5. The molecule has 8 heteroatoms. The minimum atomic E-state index is -4.00. The van der Waals surface area contributed by atoms with Crippen molar-refractivity contribution >= 4 is 27.1 Å². The van der Waals surface area contributed by atoms with Gasteiger partial charge in [0.05, 0.1) is 10.6 Å². The Labute approximate surface area is 128 Å². The summed E-state index contributed by atoms with van der Waals surface area (Å²) in [6.45, 7) is 3.79. The Morgan fingerprint density at radius 3 is 2.18 bits per heavy atom. The SMILES string of the molecule is Cc1cc(C)cc(Nc2cc([N+](=O)[O-])ccc2S(N)(=O)=O)c1. The Kier molecular flexibility index (Phi) is 4.16. The molecule has 0 aliphatic rings. The van der Waals surface area contributed by atoms with Crippen LogP contribution in [0.15, 0.2) is 41.3 Å². The van der Waals surface area contributed by atoms with Gasteiger partial charge < -0.3 is 5.32 Å². The Hall–Kier alpha value is -2.45. The van der Waals surface area contributed by atoms with Gasteiger partial charge in [-0.25, -0.2) is 13.6 Å². The van der Waals surface area contributed by atoms with Crippen LogP contribution in [-0.4, -0.2) is 13.3 Å². The van der Waals surface area contributed by atoms with Crippen molar-refractivity contribution in [2.24, 2.45) is 5.14 Å². The highest BCUT2D eigenvalue weighted by molar-refractivity contribution is 7.89. The largest absolute Gasteiger partial charge is 0.354 e. The topological polar surface area (TPSA) is 115 Å². The molecule has 0 saturated carbocycles. The average molecular weight is 321 g/mol. The number of nitrogens with two attached hydrogens (primary N) is 1. The number of nitro benzene ring substituents is 1. The normalized spacial score (nSPS) is 11.2. The molecule has 0 saturated heterocycles. The zero-order valence-corrected chi connectivity index (χ0v) is 12.8. The predicted molar refractivity (Wildman–Crippen MR) is 83.7 cm³/mol. The van der Waals surface area contributed by atoms with Gasteiger partial charge >= 0.3 is 0 Å². The number of benzene rings is 2. The molecule has 0 unspecified atom stereocenters. The first kappa shape index (κ1) is 15.9. The molecular formula is C14H15N3O4S. The molecule has 2 aromatic rings. The molecule has 0 amide bonds. The van der Waals surface area contributed by atoms with E-state index in [4.69, 9.17) is 5.14 Å². The Morgan fingerprint density at radius 2 is 1.68 bits per heavy atom. The maximum absolute atomic E-state index is 11.6. The number of primary sulfonamides is 1. The molecule has 0 aromatic heterocycles. The summed E-state index contributed by atoms with van der Waals surface area (Å²) in [7, 11) is -4.00. The van der Waals surface area contributed by atoms with Crippen LogP contribution in [-0.2, 0) is 10.0 Å². The number of nitrogens with zero attached hydrogens (tertiary/aromatic N) is 1. The van der Waals surface area contributed by atoms with E-state index in [2.05, 4.69) is 5.32 Å². The van der Waals surface area contributed by atoms with Gasteiger partial charge in [0.25, 0.3) is 5.69 Å². The molecule has 0 fully saturated rings. The summed E-state index contributed by atoms with van der Waals surface area (Å²) in [5.74, 6) is 0. The monoisotopic (exact) mass is 321 g/mol. The summed E-state index contributed by atoms with van der Waals surface area (Å²) in [4.78, 5) is 10.1. The van der Waals surface area contributed by atoms with E-state index in [1.807, 2.05) is 19.9 Å². The van der Waals surface area contributed by atoms with Crippen molar-refractivity contribution in [2.75, 3.05) is 5.32 Å². The van der Waals surface area contributed by atoms with Crippen molar-refractivity contribution in [3.05, 3.63) is 57.6 Å². The van der Waals surface area contributed by atoms with Crippen LogP contribution in [0, 0.1) is 24.0 Å². The van der Waals surface area contributed by atoms with E-state index < -0.39 is 14.9 Å². The predicted octanol–water partition coefficient (Wildman–Crippen LogP) is 2.60. The first-order valence-electron chi connectivity index (χ1n) is 6.33. The molecule has 7 nitrogen and oxygen atoms in total. The van der Waals surface area contributed by atoms with Gasteiger partial charge in [-0.1, -0.05) is 6.07 Å². The van der Waals surface area contributed by atoms with Crippen LogP contribution in [0.25, 0.3) is 0 Å². The van der Waals surface area contributed by atoms with Gasteiger partial charge in [0.15, 0.2) is 0 Å². The molecule has 0 spiro atoms. The third-order valence-electron chi connectivity index (χ3n) is 2.98. The van der Waals surface area contributed by atoms with Gasteiger partial charge in [-0.2, -0.15) is 0 Å². The molecule has 2 rings (SSSR count). The first-order chi connectivity index (χ1) is 10.2.